The Balaban J connectivity index is 1.35. The number of nitrogens with zero attached hydrogens (tertiary/aromatic N) is 3. The molecule has 4 amide bonds. The molecule has 0 saturated carbocycles. The number of carbonyl (C=O) groups is 3. The molecule has 2 aromatic carbocycles. The van der Waals surface area contributed by atoms with Crippen LogP contribution in [0.15, 0.2) is 65.1 Å². The zero-order chi connectivity index (χ0) is 24.0. The second kappa shape index (κ2) is 7.87. The number of aromatic nitrogens is 2. The van der Waals surface area contributed by atoms with Gasteiger partial charge < -0.3 is 15.1 Å². The van der Waals surface area contributed by atoms with Crippen LogP contribution < -0.4 is 10.6 Å². The van der Waals surface area contributed by atoms with Crippen LogP contribution >= 0.6 is 0 Å². The number of hydrogen-bond acceptors (Lipinski definition) is 5. The van der Waals surface area contributed by atoms with Crippen molar-refractivity contribution in [2.45, 2.75) is 26.3 Å². The third-order valence-electron chi connectivity index (χ3n) is 5.87. The number of fused-ring (bicyclic) bond motifs is 1. The van der Waals surface area contributed by atoms with E-state index in [1.54, 1.807) is 29.8 Å². The summed E-state index contributed by atoms with van der Waals surface area (Å²) in [5, 5.41) is 10.7. The number of para-hydroxylation sites is 1. The van der Waals surface area contributed by atoms with Gasteiger partial charge in [0, 0.05) is 11.5 Å². The van der Waals surface area contributed by atoms with E-state index in [1.807, 2.05) is 56.3 Å². The first-order valence-electron chi connectivity index (χ1n) is 10.8. The van der Waals surface area contributed by atoms with Crippen LogP contribution in [0.4, 0.5) is 10.6 Å². The molecule has 0 aliphatic carbocycles. The largest absolute Gasteiger partial charge is 0.458 e. The predicted molar refractivity (Wildman–Crippen MR) is 125 cm³/mol. The molecule has 0 radical (unpaired) electrons. The molecule has 9 heteroatoms. The highest BCUT2D eigenvalue weighted by Crippen LogP contribution is 2.33. The van der Waals surface area contributed by atoms with Crippen LogP contribution in [0.2, 0.25) is 0 Å². The maximum atomic E-state index is 13.2. The van der Waals surface area contributed by atoms with Crippen LogP contribution in [0.1, 0.15) is 23.9 Å². The number of rotatable bonds is 5. The molecule has 172 valence electrons. The molecule has 1 fully saturated rings. The maximum Gasteiger partial charge on any atom is 0.325 e. The number of benzene rings is 2. The van der Waals surface area contributed by atoms with E-state index in [0.717, 1.165) is 21.5 Å². The van der Waals surface area contributed by atoms with Gasteiger partial charge in [-0.05, 0) is 45.0 Å². The van der Waals surface area contributed by atoms with Gasteiger partial charge in [-0.1, -0.05) is 35.9 Å². The molecule has 1 unspecified atom stereocenters. The normalized spacial score (nSPS) is 17.9. The number of urea groups is 1. The fraction of sp³-hybridized carbons (Fsp3) is 0.200. The van der Waals surface area contributed by atoms with E-state index in [1.165, 1.54) is 0 Å². The molecule has 1 aliphatic heterocycles. The van der Waals surface area contributed by atoms with Crippen LogP contribution in [0.25, 0.3) is 16.7 Å². The maximum absolute atomic E-state index is 13.2. The van der Waals surface area contributed by atoms with Crippen molar-refractivity contribution in [3.05, 3.63) is 77.7 Å². The van der Waals surface area contributed by atoms with Crippen LogP contribution in [-0.2, 0) is 15.1 Å². The van der Waals surface area contributed by atoms with Crippen LogP contribution in [0, 0.1) is 13.8 Å². The van der Waals surface area contributed by atoms with Crippen molar-refractivity contribution in [1.29, 1.82) is 0 Å². The average Bonchev–Trinajstić information content (AvgIpc) is 3.46. The van der Waals surface area contributed by atoms with Crippen molar-refractivity contribution in [2.24, 2.45) is 0 Å². The molecule has 9 nitrogen and oxygen atoms in total. The molecule has 3 heterocycles. The Hall–Kier alpha value is -4.40. The van der Waals surface area contributed by atoms with Gasteiger partial charge in [-0.3, -0.25) is 14.5 Å². The van der Waals surface area contributed by atoms with E-state index in [-0.39, 0.29) is 0 Å². The number of hydrogen-bond donors (Lipinski definition) is 2. The molecule has 2 aromatic heterocycles. The predicted octanol–water partition coefficient (Wildman–Crippen LogP) is 3.64. The molecule has 1 saturated heterocycles. The Bertz CT molecular complexity index is 1400. The molecule has 0 spiro atoms. The van der Waals surface area contributed by atoms with Crippen molar-refractivity contribution in [1.82, 2.24) is 20.0 Å². The van der Waals surface area contributed by atoms with Gasteiger partial charge in [0.15, 0.2) is 5.54 Å². The van der Waals surface area contributed by atoms with E-state index in [4.69, 9.17) is 4.42 Å². The number of imide groups is 1. The molecule has 0 bridgehead atoms. The molecule has 2 N–H and O–H groups in total. The number of carbonyl (C=O) groups excluding carboxylic acids is 3. The lowest BCUT2D eigenvalue weighted by Crippen LogP contribution is -2.42. The van der Waals surface area contributed by atoms with E-state index >= 15 is 0 Å². The molecule has 34 heavy (non-hydrogen) atoms. The molecule has 5 rings (SSSR count). The van der Waals surface area contributed by atoms with Crippen LogP contribution in [0.3, 0.4) is 0 Å². The Morgan fingerprint density at radius 1 is 1.09 bits per heavy atom. The quantitative estimate of drug-likeness (QED) is 0.445. The van der Waals surface area contributed by atoms with Crippen molar-refractivity contribution >= 4 is 34.6 Å². The number of furan rings is 1. The monoisotopic (exact) mass is 457 g/mol. The zero-order valence-electron chi connectivity index (χ0n) is 19.0. The van der Waals surface area contributed by atoms with Crippen LogP contribution in [0.5, 0.6) is 0 Å². The second-order valence-electron chi connectivity index (χ2n) is 8.56. The van der Waals surface area contributed by atoms with Crippen molar-refractivity contribution < 1.29 is 18.8 Å². The Kier molecular flexibility index (Phi) is 4.97. The smallest absolute Gasteiger partial charge is 0.325 e. The minimum Gasteiger partial charge on any atom is -0.458 e. The van der Waals surface area contributed by atoms with Crippen molar-refractivity contribution in [3.63, 3.8) is 0 Å². The fourth-order valence-electron chi connectivity index (χ4n) is 4.03. The summed E-state index contributed by atoms with van der Waals surface area (Å²) >= 11 is 0. The van der Waals surface area contributed by atoms with Gasteiger partial charge in [-0.25, -0.2) is 9.48 Å². The second-order valence-corrected chi connectivity index (χ2v) is 8.56. The summed E-state index contributed by atoms with van der Waals surface area (Å²) in [7, 11) is 0. The number of anilines is 1. The summed E-state index contributed by atoms with van der Waals surface area (Å²) in [5.41, 5.74) is 1.79. The van der Waals surface area contributed by atoms with Gasteiger partial charge in [0.1, 0.15) is 23.7 Å². The molecule has 4 aromatic rings. The molecular weight excluding hydrogens is 434 g/mol. The van der Waals surface area contributed by atoms with E-state index < -0.39 is 29.9 Å². The standard InChI is InChI=1S/C25H23N5O4/c1-15-8-10-18(11-9-15)30-21(12-16(2)28-30)26-22(31)14-29-23(32)25(3,27-24(29)33)20-13-17-6-4-5-7-19(17)34-20/h4-13H,14H2,1-3H3,(H,26,31)(H,27,33). The summed E-state index contributed by atoms with van der Waals surface area (Å²) in [6.07, 6.45) is 0. The van der Waals surface area contributed by atoms with Gasteiger partial charge >= 0.3 is 6.03 Å². The number of nitrogens with one attached hydrogen (secondary N) is 2. The van der Waals surface area contributed by atoms with E-state index in [9.17, 15) is 14.4 Å². The Morgan fingerprint density at radius 2 is 1.82 bits per heavy atom. The Labute approximate surface area is 195 Å². The highest BCUT2D eigenvalue weighted by atomic mass is 16.3. The van der Waals surface area contributed by atoms with Gasteiger partial charge in [-0.2, -0.15) is 5.10 Å². The summed E-state index contributed by atoms with van der Waals surface area (Å²) in [6, 6.07) is 17.8. The zero-order valence-corrected chi connectivity index (χ0v) is 19.0. The molecular formula is C25H23N5O4. The van der Waals surface area contributed by atoms with Gasteiger partial charge in [0.25, 0.3) is 5.91 Å². The molecule has 1 atom stereocenters. The topological polar surface area (TPSA) is 109 Å². The van der Waals surface area contributed by atoms with E-state index in [2.05, 4.69) is 15.7 Å². The SMILES string of the molecule is Cc1ccc(-n2nc(C)cc2NC(=O)CN2C(=O)NC(C)(c3cc4ccccc4o3)C2=O)cc1. The minimum atomic E-state index is -1.41. The lowest BCUT2D eigenvalue weighted by atomic mass is 9.99. The molecule has 1 aliphatic rings. The lowest BCUT2D eigenvalue weighted by molar-refractivity contribution is -0.134. The highest BCUT2D eigenvalue weighted by Gasteiger charge is 2.51. The first-order valence-corrected chi connectivity index (χ1v) is 10.8. The highest BCUT2D eigenvalue weighted by molar-refractivity contribution is 6.10. The summed E-state index contributed by atoms with van der Waals surface area (Å²) in [6.45, 7) is 4.92. The Morgan fingerprint density at radius 3 is 2.56 bits per heavy atom. The van der Waals surface area contributed by atoms with Crippen molar-refractivity contribution in [3.8, 4) is 5.69 Å². The summed E-state index contributed by atoms with van der Waals surface area (Å²) in [5.74, 6) is -0.331. The van der Waals surface area contributed by atoms with Gasteiger partial charge in [0.2, 0.25) is 5.91 Å². The summed E-state index contributed by atoms with van der Waals surface area (Å²) in [4.78, 5) is 39.6. The summed E-state index contributed by atoms with van der Waals surface area (Å²) < 4.78 is 7.43. The van der Waals surface area contributed by atoms with Crippen molar-refractivity contribution in [2.75, 3.05) is 11.9 Å². The third kappa shape index (κ3) is 3.61. The van der Waals surface area contributed by atoms with E-state index in [0.29, 0.717) is 22.9 Å². The van der Waals surface area contributed by atoms with Gasteiger partial charge in [-0.15, -0.1) is 0 Å². The number of amides is 4. The van der Waals surface area contributed by atoms with Gasteiger partial charge in [0.05, 0.1) is 11.4 Å². The number of aryl methyl sites for hydroxylation is 2. The first kappa shape index (κ1) is 21.4. The fourth-order valence-corrected chi connectivity index (χ4v) is 4.03. The van der Waals surface area contributed by atoms with Crippen LogP contribution in [-0.4, -0.2) is 39.1 Å². The third-order valence-corrected chi connectivity index (χ3v) is 5.87. The first-order chi connectivity index (χ1) is 16.2. The average molecular weight is 457 g/mol. The minimum absolute atomic E-state index is 0.308. The lowest BCUT2D eigenvalue weighted by Gasteiger charge is -2.19.